The van der Waals surface area contributed by atoms with Crippen molar-refractivity contribution in [2.24, 2.45) is 0 Å². The Morgan fingerprint density at radius 3 is 2.48 bits per heavy atom. The van der Waals surface area contributed by atoms with Gasteiger partial charge in [0.15, 0.2) is 0 Å². The van der Waals surface area contributed by atoms with Crippen LogP contribution in [-0.4, -0.2) is 50.2 Å². The molecule has 2 aliphatic rings. The zero-order valence-corrected chi connectivity index (χ0v) is 18.9. The van der Waals surface area contributed by atoms with Gasteiger partial charge < -0.3 is 5.32 Å². The maximum absolute atomic E-state index is 12.8. The first-order valence-corrected chi connectivity index (χ1v) is 12.6. The number of likely N-dealkylation sites (N-methyl/N-ethyl adjacent to an activating group) is 1. The van der Waals surface area contributed by atoms with E-state index in [0.29, 0.717) is 18.8 Å². The Bertz CT molecular complexity index is 1010. The molecule has 6 nitrogen and oxygen atoms in total. The Morgan fingerprint density at radius 2 is 1.74 bits per heavy atom. The van der Waals surface area contributed by atoms with Gasteiger partial charge in [-0.25, -0.2) is 8.42 Å². The predicted molar refractivity (Wildman–Crippen MR) is 122 cm³/mol. The largest absolute Gasteiger partial charge is 0.325 e. The summed E-state index contributed by atoms with van der Waals surface area (Å²) in [5.74, 6) is -0.0998. The van der Waals surface area contributed by atoms with E-state index >= 15 is 0 Å². The van der Waals surface area contributed by atoms with Crippen molar-refractivity contribution < 1.29 is 13.2 Å². The standard InChI is InChI=1S/C24H31N3O3S/c1-26(23-11-7-9-19-8-3-4-10-22(19)23)18-24(28)25-20-12-14-21(15-13-20)31(29,30)27-16-5-2-6-17-27/h3-4,8,10,12-15,23H,2,5-7,9,11,16-18H2,1H3,(H,25,28). The van der Waals surface area contributed by atoms with E-state index < -0.39 is 10.0 Å². The fourth-order valence-corrected chi connectivity index (χ4v) is 6.20. The summed E-state index contributed by atoms with van der Waals surface area (Å²) in [7, 11) is -1.47. The number of amides is 1. The van der Waals surface area contributed by atoms with Crippen molar-refractivity contribution in [3.63, 3.8) is 0 Å². The van der Waals surface area contributed by atoms with Crippen LogP contribution in [0.3, 0.4) is 0 Å². The first-order valence-electron chi connectivity index (χ1n) is 11.1. The van der Waals surface area contributed by atoms with E-state index in [0.717, 1.165) is 38.5 Å². The second-order valence-corrected chi connectivity index (χ2v) is 10.5. The number of nitrogens with zero attached hydrogens (tertiary/aromatic N) is 2. The summed E-state index contributed by atoms with van der Waals surface area (Å²) in [6.45, 7) is 1.45. The van der Waals surface area contributed by atoms with Gasteiger partial charge in [-0.1, -0.05) is 30.7 Å². The van der Waals surface area contributed by atoms with Crippen LogP contribution in [0.4, 0.5) is 5.69 Å². The molecular weight excluding hydrogens is 410 g/mol. The predicted octanol–water partition coefficient (Wildman–Crippen LogP) is 3.81. The van der Waals surface area contributed by atoms with Crippen LogP contribution in [0.1, 0.15) is 49.3 Å². The van der Waals surface area contributed by atoms with Gasteiger partial charge in [0, 0.05) is 24.8 Å². The number of anilines is 1. The fourth-order valence-electron chi connectivity index (χ4n) is 4.69. The molecule has 4 rings (SSSR count). The summed E-state index contributed by atoms with van der Waals surface area (Å²) in [5, 5.41) is 2.91. The van der Waals surface area contributed by atoms with Crippen molar-refractivity contribution in [2.75, 3.05) is 32.0 Å². The maximum atomic E-state index is 12.8. The number of carbonyl (C=O) groups is 1. The van der Waals surface area contributed by atoms with E-state index in [9.17, 15) is 13.2 Å². The van der Waals surface area contributed by atoms with E-state index in [1.165, 1.54) is 11.1 Å². The van der Waals surface area contributed by atoms with Crippen molar-refractivity contribution in [2.45, 2.75) is 49.5 Å². The Balaban J connectivity index is 1.37. The summed E-state index contributed by atoms with van der Waals surface area (Å²) in [6, 6.07) is 15.2. The molecule has 0 saturated carbocycles. The average molecular weight is 442 g/mol. The summed E-state index contributed by atoms with van der Waals surface area (Å²) < 4.78 is 27.1. The molecule has 7 heteroatoms. The molecule has 166 valence electrons. The van der Waals surface area contributed by atoms with Crippen LogP contribution < -0.4 is 5.32 Å². The fraction of sp³-hybridized carbons (Fsp3) is 0.458. The molecule has 1 amide bonds. The van der Waals surface area contributed by atoms with Crippen LogP contribution in [-0.2, 0) is 21.2 Å². The number of carbonyl (C=O) groups excluding carboxylic acids is 1. The highest BCUT2D eigenvalue weighted by atomic mass is 32.2. The van der Waals surface area contributed by atoms with Gasteiger partial charge in [-0.05, 0) is 74.5 Å². The topological polar surface area (TPSA) is 69.7 Å². The van der Waals surface area contributed by atoms with Crippen LogP contribution in [0.2, 0.25) is 0 Å². The van der Waals surface area contributed by atoms with Crippen LogP contribution in [0.25, 0.3) is 0 Å². The lowest BCUT2D eigenvalue weighted by atomic mass is 9.87. The number of hydrogen-bond donors (Lipinski definition) is 1. The summed E-state index contributed by atoms with van der Waals surface area (Å²) in [6.07, 6.45) is 6.17. The first kappa shape index (κ1) is 22.0. The molecule has 1 atom stereocenters. The lowest BCUT2D eigenvalue weighted by Gasteiger charge is -2.32. The monoisotopic (exact) mass is 441 g/mol. The highest BCUT2D eigenvalue weighted by Gasteiger charge is 2.26. The van der Waals surface area contributed by atoms with Crippen molar-refractivity contribution >= 4 is 21.6 Å². The second-order valence-electron chi connectivity index (χ2n) is 8.56. The van der Waals surface area contributed by atoms with Gasteiger partial charge in [0.05, 0.1) is 11.4 Å². The van der Waals surface area contributed by atoms with Gasteiger partial charge in [0.2, 0.25) is 15.9 Å². The Hall–Kier alpha value is -2.22. The Kier molecular flexibility index (Phi) is 6.74. The molecule has 31 heavy (non-hydrogen) atoms. The van der Waals surface area contributed by atoms with E-state index in [4.69, 9.17) is 0 Å². The van der Waals surface area contributed by atoms with Gasteiger partial charge in [0.25, 0.3) is 0 Å². The van der Waals surface area contributed by atoms with E-state index in [-0.39, 0.29) is 23.4 Å². The third-order valence-corrected chi connectivity index (χ3v) is 8.27. The van der Waals surface area contributed by atoms with Crippen molar-refractivity contribution in [3.05, 3.63) is 59.7 Å². The van der Waals surface area contributed by atoms with Crippen LogP contribution in [0.5, 0.6) is 0 Å². The molecule has 1 fully saturated rings. The third-order valence-electron chi connectivity index (χ3n) is 6.35. The number of aryl methyl sites for hydroxylation is 1. The summed E-state index contributed by atoms with van der Waals surface area (Å²) in [4.78, 5) is 15.0. The smallest absolute Gasteiger partial charge is 0.243 e. The second kappa shape index (κ2) is 9.51. The number of sulfonamides is 1. The zero-order chi connectivity index (χ0) is 21.8. The van der Waals surface area contributed by atoms with Crippen molar-refractivity contribution in [1.82, 2.24) is 9.21 Å². The van der Waals surface area contributed by atoms with Gasteiger partial charge in [-0.15, -0.1) is 0 Å². The van der Waals surface area contributed by atoms with E-state index in [2.05, 4.69) is 34.5 Å². The highest BCUT2D eigenvalue weighted by molar-refractivity contribution is 7.89. The van der Waals surface area contributed by atoms with Gasteiger partial charge >= 0.3 is 0 Å². The summed E-state index contributed by atoms with van der Waals surface area (Å²) in [5.41, 5.74) is 3.30. The molecule has 1 unspecified atom stereocenters. The van der Waals surface area contributed by atoms with E-state index in [1.807, 2.05) is 7.05 Å². The minimum Gasteiger partial charge on any atom is -0.325 e. The third kappa shape index (κ3) is 5.00. The number of rotatable bonds is 6. The molecule has 0 spiro atoms. The number of hydrogen-bond acceptors (Lipinski definition) is 4. The quantitative estimate of drug-likeness (QED) is 0.740. The van der Waals surface area contributed by atoms with Crippen LogP contribution >= 0.6 is 0 Å². The molecule has 2 aromatic rings. The maximum Gasteiger partial charge on any atom is 0.243 e. The number of fused-ring (bicyclic) bond motifs is 1. The molecule has 1 N–H and O–H groups in total. The lowest BCUT2D eigenvalue weighted by molar-refractivity contribution is -0.117. The molecule has 1 saturated heterocycles. The molecule has 0 radical (unpaired) electrons. The molecule has 0 bridgehead atoms. The minimum atomic E-state index is -3.46. The molecule has 1 heterocycles. The Morgan fingerprint density at radius 1 is 1.03 bits per heavy atom. The molecule has 1 aliphatic carbocycles. The SMILES string of the molecule is CN(CC(=O)Nc1ccc(S(=O)(=O)N2CCCCC2)cc1)C1CCCc2ccccc21. The highest BCUT2D eigenvalue weighted by Crippen LogP contribution is 2.33. The first-order chi connectivity index (χ1) is 14.9. The van der Waals surface area contributed by atoms with Crippen molar-refractivity contribution in [1.29, 1.82) is 0 Å². The van der Waals surface area contributed by atoms with Gasteiger partial charge in [-0.2, -0.15) is 4.31 Å². The average Bonchev–Trinajstić information content (AvgIpc) is 2.79. The normalized spacial score (nSPS) is 19.7. The van der Waals surface area contributed by atoms with Gasteiger partial charge in [0.1, 0.15) is 0 Å². The summed E-state index contributed by atoms with van der Waals surface area (Å²) >= 11 is 0. The zero-order valence-electron chi connectivity index (χ0n) is 18.1. The lowest BCUT2D eigenvalue weighted by Crippen LogP contribution is -2.35. The van der Waals surface area contributed by atoms with Crippen LogP contribution in [0.15, 0.2) is 53.4 Å². The van der Waals surface area contributed by atoms with E-state index in [1.54, 1.807) is 28.6 Å². The number of benzene rings is 2. The number of piperidine rings is 1. The molecule has 0 aromatic heterocycles. The molecular formula is C24H31N3O3S. The van der Waals surface area contributed by atoms with Crippen molar-refractivity contribution in [3.8, 4) is 0 Å². The molecule has 2 aromatic carbocycles. The molecule has 1 aliphatic heterocycles. The van der Waals surface area contributed by atoms with Gasteiger partial charge in [-0.3, -0.25) is 9.69 Å². The minimum absolute atomic E-state index is 0.0998. The van der Waals surface area contributed by atoms with Crippen LogP contribution in [0, 0.1) is 0 Å². The number of nitrogens with one attached hydrogen (secondary N) is 1. The Labute approximate surface area is 185 Å².